The van der Waals surface area contributed by atoms with Crippen molar-refractivity contribution < 1.29 is 14.6 Å². The first kappa shape index (κ1) is 17.0. The molecule has 6 nitrogen and oxygen atoms in total. The van der Waals surface area contributed by atoms with Crippen molar-refractivity contribution >= 4 is 27.7 Å². The Morgan fingerprint density at radius 2 is 2.08 bits per heavy atom. The van der Waals surface area contributed by atoms with Crippen molar-refractivity contribution in [1.82, 2.24) is 14.8 Å². The third kappa shape index (κ3) is 2.96. The maximum absolute atomic E-state index is 11.4. The molecular weight excluding hydrogens is 350 g/mol. The molecule has 1 N–H and O–H groups in total. The van der Waals surface area contributed by atoms with Gasteiger partial charge in [-0.25, -0.2) is 9.67 Å². The minimum Gasteiger partial charge on any atom is -0.497 e. The summed E-state index contributed by atoms with van der Waals surface area (Å²) in [4.78, 5) is 16.2. The number of carboxylic acids is 1. The SMILES string of the molecule is COc1ccc(-n2nc(C)c3sc([C@H]4CCC[C@H](C(=O)O)C4)nc32)cc1. The Morgan fingerprint density at radius 1 is 1.31 bits per heavy atom. The summed E-state index contributed by atoms with van der Waals surface area (Å²) in [5.41, 5.74) is 2.74. The van der Waals surface area contributed by atoms with Gasteiger partial charge in [-0.3, -0.25) is 4.79 Å². The monoisotopic (exact) mass is 371 g/mol. The Labute approximate surface area is 155 Å². The van der Waals surface area contributed by atoms with Crippen molar-refractivity contribution in [3.8, 4) is 11.4 Å². The van der Waals surface area contributed by atoms with Crippen LogP contribution in [0, 0.1) is 12.8 Å². The molecule has 0 radical (unpaired) electrons. The van der Waals surface area contributed by atoms with Crippen LogP contribution in [0.5, 0.6) is 5.75 Å². The lowest BCUT2D eigenvalue weighted by Crippen LogP contribution is -2.21. The Hall–Kier alpha value is -2.41. The Bertz CT molecular complexity index is 945. The second kappa shape index (κ2) is 6.72. The number of benzene rings is 1. The highest BCUT2D eigenvalue weighted by Crippen LogP contribution is 2.40. The number of hydrogen-bond acceptors (Lipinski definition) is 5. The fraction of sp³-hybridized carbons (Fsp3) is 0.421. The van der Waals surface area contributed by atoms with Crippen LogP contribution in [0.15, 0.2) is 24.3 Å². The molecule has 0 saturated heterocycles. The lowest BCUT2D eigenvalue weighted by molar-refractivity contribution is -0.142. The van der Waals surface area contributed by atoms with Crippen LogP contribution in [0.1, 0.15) is 42.3 Å². The van der Waals surface area contributed by atoms with E-state index in [0.29, 0.717) is 6.42 Å². The smallest absolute Gasteiger partial charge is 0.306 e. The summed E-state index contributed by atoms with van der Waals surface area (Å²) in [6.45, 7) is 1.99. The predicted molar refractivity (Wildman–Crippen MR) is 100 cm³/mol. The molecule has 2 heterocycles. The van der Waals surface area contributed by atoms with Gasteiger partial charge in [0.25, 0.3) is 0 Å². The average Bonchev–Trinajstić information content (AvgIpc) is 3.23. The van der Waals surface area contributed by atoms with Crippen LogP contribution in [0.3, 0.4) is 0 Å². The summed E-state index contributed by atoms with van der Waals surface area (Å²) in [5.74, 6) is 0.0945. The fourth-order valence-electron chi connectivity index (χ4n) is 3.67. The van der Waals surface area contributed by atoms with E-state index in [-0.39, 0.29) is 11.8 Å². The first-order valence-corrected chi connectivity index (χ1v) is 9.61. The highest BCUT2D eigenvalue weighted by Gasteiger charge is 2.30. The molecule has 1 fully saturated rings. The lowest BCUT2D eigenvalue weighted by Gasteiger charge is -2.24. The maximum atomic E-state index is 11.4. The number of aliphatic carboxylic acids is 1. The first-order valence-electron chi connectivity index (χ1n) is 8.80. The van der Waals surface area contributed by atoms with Gasteiger partial charge in [-0.1, -0.05) is 6.42 Å². The summed E-state index contributed by atoms with van der Waals surface area (Å²) < 4.78 is 8.16. The molecule has 7 heteroatoms. The van der Waals surface area contributed by atoms with E-state index in [2.05, 4.69) is 5.10 Å². The molecule has 1 aromatic carbocycles. The van der Waals surface area contributed by atoms with Crippen LogP contribution < -0.4 is 4.74 Å². The molecule has 2 atom stereocenters. The normalized spacial score (nSPS) is 20.4. The topological polar surface area (TPSA) is 77.2 Å². The molecule has 3 aromatic rings. The van der Waals surface area contributed by atoms with Gasteiger partial charge in [0.15, 0.2) is 5.65 Å². The van der Waals surface area contributed by atoms with Crippen LogP contribution in [-0.2, 0) is 4.79 Å². The van der Waals surface area contributed by atoms with Crippen molar-refractivity contribution in [1.29, 1.82) is 0 Å². The Balaban J connectivity index is 1.70. The number of nitrogens with zero attached hydrogens (tertiary/aromatic N) is 3. The standard InChI is InChI=1S/C19H21N3O3S/c1-11-16-17(22(21-11)14-6-8-15(25-2)9-7-14)20-18(26-16)12-4-3-5-13(10-12)19(23)24/h6-9,12-13H,3-5,10H2,1-2H3,(H,23,24)/t12-,13-/m0/s1. The van der Waals surface area contributed by atoms with Crippen LogP contribution in [-0.4, -0.2) is 33.0 Å². The molecule has 1 aliphatic rings. The molecular formula is C19H21N3O3S. The van der Waals surface area contributed by atoms with Crippen molar-refractivity contribution in [2.24, 2.45) is 5.92 Å². The molecule has 26 heavy (non-hydrogen) atoms. The second-order valence-corrected chi connectivity index (χ2v) is 7.83. The Kier molecular flexibility index (Phi) is 4.40. The minimum atomic E-state index is -0.684. The van der Waals surface area contributed by atoms with Gasteiger partial charge in [-0.2, -0.15) is 5.10 Å². The van der Waals surface area contributed by atoms with Gasteiger partial charge in [0.2, 0.25) is 0 Å². The van der Waals surface area contributed by atoms with E-state index >= 15 is 0 Å². The quantitative estimate of drug-likeness (QED) is 0.745. The zero-order valence-electron chi connectivity index (χ0n) is 14.8. The number of carboxylic acid groups (broad SMARTS) is 1. The van der Waals surface area contributed by atoms with Crippen molar-refractivity contribution in [2.45, 2.75) is 38.5 Å². The highest BCUT2D eigenvalue weighted by molar-refractivity contribution is 7.18. The molecule has 0 bridgehead atoms. The molecule has 1 aliphatic carbocycles. The van der Waals surface area contributed by atoms with Crippen molar-refractivity contribution in [3.05, 3.63) is 35.0 Å². The molecule has 0 amide bonds. The number of rotatable bonds is 4. The van der Waals surface area contributed by atoms with E-state index < -0.39 is 5.97 Å². The summed E-state index contributed by atoms with van der Waals surface area (Å²) in [6.07, 6.45) is 3.41. The molecule has 0 unspecified atom stereocenters. The Morgan fingerprint density at radius 3 is 2.77 bits per heavy atom. The average molecular weight is 371 g/mol. The highest BCUT2D eigenvalue weighted by atomic mass is 32.1. The van der Waals surface area contributed by atoms with E-state index in [4.69, 9.17) is 9.72 Å². The summed E-state index contributed by atoms with van der Waals surface area (Å²) in [6, 6.07) is 7.74. The lowest BCUT2D eigenvalue weighted by atomic mass is 9.82. The van der Waals surface area contributed by atoms with Gasteiger partial charge in [-0.05, 0) is 50.5 Å². The minimum absolute atomic E-state index is 0.228. The van der Waals surface area contributed by atoms with Crippen molar-refractivity contribution in [2.75, 3.05) is 7.11 Å². The van der Waals surface area contributed by atoms with E-state index in [0.717, 1.165) is 51.7 Å². The zero-order chi connectivity index (χ0) is 18.3. The zero-order valence-corrected chi connectivity index (χ0v) is 15.6. The van der Waals surface area contributed by atoms with Gasteiger partial charge >= 0.3 is 5.97 Å². The number of fused-ring (bicyclic) bond motifs is 1. The van der Waals surface area contributed by atoms with Crippen LogP contribution in [0.2, 0.25) is 0 Å². The van der Waals surface area contributed by atoms with Gasteiger partial charge in [0.1, 0.15) is 5.75 Å². The van der Waals surface area contributed by atoms with Crippen LogP contribution in [0.25, 0.3) is 16.0 Å². The number of aromatic nitrogens is 3. The van der Waals surface area contributed by atoms with Gasteiger partial charge < -0.3 is 9.84 Å². The fourth-order valence-corrected chi connectivity index (χ4v) is 4.80. The second-order valence-electron chi connectivity index (χ2n) is 6.80. The summed E-state index contributed by atoms with van der Waals surface area (Å²) >= 11 is 1.66. The predicted octanol–water partition coefficient (Wildman–Crippen LogP) is 4.16. The molecule has 4 rings (SSSR count). The van der Waals surface area contributed by atoms with E-state index in [1.165, 1.54) is 0 Å². The number of carbonyl (C=O) groups is 1. The van der Waals surface area contributed by atoms with Gasteiger partial charge in [0, 0.05) is 5.92 Å². The van der Waals surface area contributed by atoms with Crippen molar-refractivity contribution in [3.63, 3.8) is 0 Å². The number of hydrogen-bond donors (Lipinski definition) is 1. The van der Waals surface area contributed by atoms with E-state index in [9.17, 15) is 9.90 Å². The summed E-state index contributed by atoms with van der Waals surface area (Å²) in [7, 11) is 1.65. The third-order valence-corrected chi connectivity index (χ3v) is 6.41. The van der Waals surface area contributed by atoms with Crippen LogP contribution >= 0.6 is 11.3 Å². The number of methoxy groups -OCH3 is 1. The van der Waals surface area contributed by atoms with Crippen LogP contribution in [0.4, 0.5) is 0 Å². The molecule has 1 saturated carbocycles. The largest absolute Gasteiger partial charge is 0.497 e. The summed E-state index contributed by atoms with van der Waals surface area (Å²) in [5, 5.41) is 15.0. The van der Waals surface area contributed by atoms with Gasteiger partial charge in [0.05, 0.1) is 34.1 Å². The molecule has 2 aromatic heterocycles. The molecule has 0 spiro atoms. The van der Waals surface area contributed by atoms with E-state index in [1.807, 2.05) is 35.9 Å². The third-order valence-electron chi connectivity index (χ3n) is 5.09. The number of ether oxygens (including phenoxy) is 1. The number of thiazole rings is 1. The first-order chi connectivity index (χ1) is 12.6. The number of aryl methyl sites for hydroxylation is 1. The van der Waals surface area contributed by atoms with Gasteiger partial charge in [-0.15, -0.1) is 11.3 Å². The van der Waals surface area contributed by atoms with E-state index in [1.54, 1.807) is 18.4 Å². The molecule has 0 aliphatic heterocycles. The molecule has 136 valence electrons. The maximum Gasteiger partial charge on any atom is 0.306 e.